The Bertz CT molecular complexity index is 460. The van der Waals surface area contributed by atoms with Gasteiger partial charge in [-0.25, -0.2) is 4.98 Å². The molecule has 0 amide bonds. The summed E-state index contributed by atoms with van der Waals surface area (Å²) in [7, 11) is 0. The van der Waals surface area contributed by atoms with Crippen LogP contribution in [0, 0.1) is 0 Å². The van der Waals surface area contributed by atoms with Crippen molar-refractivity contribution < 1.29 is 4.79 Å². The van der Waals surface area contributed by atoms with Gasteiger partial charge in [-0.2, -0.15) is 0 Å². The number of thiazole rings is 1. The zero-order valence-corrected chi connectivity index (χ0v) is 10.0. The fraction of sp³-hybridized carbons (Fsp3) is 0.455. The Morgan fingerprint density at radius 2 is 2.50 bits per heavy atom. The van der Waals surface area contributed by atoms with Crippen LogP contribution >= 0.6 is 11.3 Å². The molecule has 0 saturated carbocycles. The largest absolute Gasteiger partial charge is 0.321 e. The monoisotopic (exact) mass is 237 g/mol. The van der Waals surface area contributed by atoms with E-state index in [9.17, 15) is 4.79 Å². The smallest absolute Gasteiger partial charge is 0.193 e. The first-order chi connectivity index (χ1) is 7.70. The molecule has 0 aliphatic heterocycles. The summed E-state index contributed by atoms with van der Waals surface area (Å²) in [6.07, 6.45) is 5.86. The Hall–Kier alpha value is -1.20. The third-order valence-electron chi connectivity index (χ3n) is 2.51. The molecule has 0 fully saturated rings. The lowest BCUT2D eigenvalue weighted by Crippen LogP contribution is -2.31. The van der Waals surface area contributed by atoms with Gasteiger partial charge < -0.3 is 5.73 Å². The molecule has 0 radical (unpaired) electrons. The number of rotatable bonds is 5. The average Bonchev–Trinajstić information content (AvgIpc) is 2.78. The fourth-order valence-electron chi connectivity index (χ4n) is 1.64. The van der Waals surface area contributed by atoms with Gasteiger partial charge in [0.2, 0.25) is 0 Å². The molecule has 0 aliphatic rings. The predicted molar refractivity (Wildman–Crippen MR) is 64.7 cm³/mol. The molecule has 2 N–H and O–H groups in total. The number of nitrogens with two attached hydrogens (primary N) is 1. The van der Waals surface area contributed by atoms with Gasteiger partial charge in [-0.3, -0.25) is 9.20 Å². The van der Waals surface area contributed by atoms with Crippen LogP contribution in [0.2, 0.25) is 0 Å². The number of ketones is 1. The van der Waals surface area contributed by atoms with E-state index in [-0.39, 0.29) is 11.8 Å². The number of carbonyl (C=O) groups is 1. The van der Waals surface area contributed by atoms with Crippen molar-refractivity contribution in [2.45, 2.75) is 32.2 Å². The first-order valence-corrected chi connectivity index (χ1v) is 6.28. The van der Waals surface area contributed by atoms with E-state index in [1.54, 1.807) is 11.3 Å². The van der Waals surface area contributed by atoms with Crippen LogP contribution < -0.4 is 5.73 Å². The number of nitrogens with zero attached hydrogens (tertiary/aromatic N) is 2. The Kier molecular flexibility index (Phi) is 3.36. The van der Waals surface area contributed by atoms with Crippen LogP contribution in [0.15, 0.2) is 17.8 Å². The second-order valence-electron chi connectivity index (χ2n) is 3.86. The van der Waals surface area contributed by atoms with E-state index in [0.29, 0.717) is 6.42 Å². The molecule has 0 spiro atoms. The van der Waals surface area contributed by atoms with Gasteiger partial charge >= 0.3 is 0 Å². The van der Waals surface area contributed by atoms with E-state index in [0.717, 1.165) is 23.5 Å². The Morgan fingerprint density at radius 3 is 3.19 bits per heavy atom. The molecule has 86 valence electrons. The first-order valence-electron chi connectivity index (χ1n) is 5.40. The maximum atomic E-state index is 11.7. The van der Waals surface area contributed by atoms with E-state index in [4.69, 9.17) is 5.73 Å². The van der Waals surface area contributed by atoms with Gasteiger partial charge in [0.05, 0.1) is 18.2 Å². The summed E-state index contributed by atoms with van der Waals surface area (Å²) >= 11 is 1.56. The quantitative estimate of drug-likeness (QED) is 0.860. The topological polar surface area (TPSA) is 60.4 Å². The number of aromatic nitrogens is 2. The second kappa shape index (κ2) is 4.76. The molecule has 0 bridgehead atoms. The maximum absolute atomic E-state index is 11.7. The minimum Gasteiger partial charge on any atom is -0.321 e. The summed E-state index contributed by atoms with van der Waals surface area (Å²) in [5.41, 5.74) is 6.57. The van der Waals surface area contributed by atoms with Crippen molar-refractivity contribution in [3.8, 4) is 0 Å². The molecular weight excluding hydrogens is 222 g/mol. The van der Waals surface area contributed by atoms with Crippen LogP contribution in [0.25, 0.3) is 4.96 Å². The SMILES string of the molecule is CCCC(N)C(=O)Cc1cn2ccsc2n1. The average molecular weight is 237 g/mol. The molecule has 2 aromatic heterocycles. The second-order valence-corrected chi connectivity index (χ2v) is 4.74. The summed E-state index contributed by atoms with van der Waals surface area (Å²) in [5.74, 6) is 0.0765. The maximum Gasteiger partial charge on any atom is 0.193 e. The summed E-state index contributed by atoms with van der Waals surface area (Å²) < 4.78 is 1.93. The lowest BCUT2D eigenvalue weighted by atomic mass is 10.0. The van der Waals surface area contributed by atoms with Crippen molar-refractivity contribution in [3.05, 3.63) is 23.5 Å². The normalized spacial score (nSPS) is 13.1. The van der Waals surface area contributed by atoms with Gasteiger partial charge in [0.15, 0.2) is 10.7 Å². The molecule has 16 heavy (non-hydrogen) atoms. The third-order valence-corrected chi connectivity index (χ3v) is 3.28. The number of hydrogen-bond acceptors (Lipinski definition) is 4. The summed E-state index contributed by atoms with van der Waals surface area (Å²) in [6, 6.07) is -0.343. The number of hydrogen-bond donors (Lipinski definition) is 1. The molecule has 0 saturated heterocycles. The number of imidazole rings is 1. The van der Waals surface area contributed by atoms with Crippen molar-refractivity contribution in [1.29, 1.82) is 0 Å². The summed E-state index contributed by atoms with van der Waals surface area (Å²) in [6.45, 7) is 2.03. The van der Waals surface area contributed by atoms with Crippen molar-refractivity contribution in [3.63, 3.8) is 0 Å². The van der Waals surface area contributed by atoms with Crippen LogP contribution in [0.4, 0.5) is 0 Å². The highest BCUT2D eigenvalue weighted by atomic mass is 32.1. The van der Waals surface area contributed by atoms with Crippen LogP contribution in [0.1, 0.15) is 25.5 Å². The lowest BCUT2D eigenvalue weighted by molar-refractivity contribution is -0.119. The van der Waals surface area contributed by atoms with E-state index >= 15 is 0 Å². The van der Waals surface area contributed by atoms with Crippen molar-refractivity contribution in [2.24, 2.45) is 5.73 Å². The highest BCUT2D eigenvalue weighted by Crippen LogP contribution is 2.12. The van der Waals surface area contributed by atoms with Crippen molar-refractivity contribution >= 4 is 22.1 Å². The Balaban J connectivity index is 2.04. The Labute approximate surface area is 98.1 Å². The molecule has 2 heterocycles. The van der Waals surface area contributed by atoms with E-state index in [2.05, 4.69) is 4.98 Å². The predicted octanol–water partition coefficient (Wildman–Crippen LogP) is 1.63. The molecule has 5 heteroatoms. The van der Waals surface area contributed by atoms with E-state index < -0.39 is 0 Å². The lowest BCUT2D eigenvalue weighted by Gasteiger charge is -2.06. The molecular formula is C11H15N3OS. The van der Waals surface area contributed by atoms with Crippen LogP contribution in [-0.4, -0.2) is 21.2 Å². The molecule has 2 aromatic rings. The molecule has 4 nitrogen and oxygen atoms in total. The van der Waals surface area contributed by atoms with E-state index in [1.165, 1.54) is 0 Å². The zero-order chi connectivity index (χ0) is 11.5. The fourth-order valence-corrected chi connectivity index (χ4v) is 2.36. The Morgan fingerprint density at radius 1 is 1.69 bits per heavy atom. The molecule has 0 aromatic carbocycles. The van der Waals surface area contributed by atoms with Crippen LogP contribution in [-0.2, 0) is 11.2 Å². The minimum absolute atomic E-state index is 0.0765. The molecule has 1 atom stereocenters. The van der Waals surface area contributed by atoms with Gasteiger partial charge in [0.25, 0.3) is 0 Å². The van der Waals surface area contributed by atoms with Crippen LogP contribution in [0.5, 0.6) is 0 Å². The van der Waals surface area contributed by atoms with E-state index in [1.807, 2.05) is 29.1 Å². The summed E-state index contributed by atoms with van der Waals surface area (Å²) in [4.78, 5) is 17.0. The zero-order valence-electron chi connectivity index (χ0n) is 9.22. The highest BCUT2D eigenvalue weighted by molar-refractivity contribution is 7.15. The summed E-state index contributed by atoms with van der Waals surface area (Å²) in [5, 5.41) is 1.97. The number of Topliss-reactive ketones (excluding diaryl/α,β-unsaturated/α-hetero) is 1. The van der Waals surface area contributed by atoms with Gasteiger partial charge in [0.1, 0.15) is 0 Å². The van der Waals surface area contributed by atoms with Gasteiger partial charge in [-0.1, -0.05) is 13.3 Å². The standard InChI is InChI=1S/C11H15N3OS/c1-2-3-9(12)10(15)6-8-7-14-4-5-16-11(14)13-8/h4-5,7,9H,2-3,6,12H2,1H3. The van der Waals surface area contributed by atoms with Crippen molar-refractivity contribution in [1.82, 2.24) is 9.38 Å². The van der Waals surface area contributed by atoms with Gasteiger partial charge in [-0.05, 0) is 6.42 Å². The molecule has 1 unspecified atom stereocenters. The van der Waals surface area contributed by atoms with Gasteiger partial charge in [-0.15, -0.1) is 11.3 Å². The number of carbonyl (C=O) groups excluding carboxylic acids is 1. The van der Waals surface area contributed by atoms with Crippen LogP contribution in [0.3, 0.4) is 0 Å². The minimum atomic E-state index is -0.343. The first kappa shape index (κ1) is 11.3. The third kappa shape index (κ3) is 2.31. The molecule has 0 aliphatic carbocycles. The number of fused-ring (bicyclic) bond motifs is 1. The van der Waals surface area contributed by atoms with Gasteiger partial charge in [0, 0.05) is 17.8 Å². The highest BCUT2D eigenvalue weighted by Gasteiger charge is 2.14. The molecule has 2 rings (SSSR count). The van der Waals surface area contributed by atoms with Crippen molar-refractivity contribution in [2.75, 3.05) is 0 Å².